The number of hydrogen-bond acceptors (Lipinski definition) is 2. The maximum absolute atomic E-state index is 12.8. The van der Waals surface area contributed by atoms with E-state index in [1.54, 1.807) is 12.1 Å². The normalized spacial score (nSPS) is 16.1. The predicted octanol–water partition coefficient (Wildman–Crippen LogP) is 2.89. The van der Waals surface area contributed by atoms with Gasteiger partial charge in [-0.25, -0.2) is 4.39 Å². The fourth-order valence-corrected chi connectivity index (χ4v) is 2.54. The van der Waals surface area contributed by atoms with Crippen molar-refractivity contribution in [3.05, 3.63) is 30.1 Å². The molecule has 112 valence electrons. The smallest absolute Gasteiger partial charge is 0.227 e. The zero-order valence-electron chi connectivity index (χ0n) is 12.4. The molecule has 3 nitrogen and oxygen atoms in total. The van der Waals surface area contributed by atoms with Crippen LogP contribution < -0.4 is 5.32 Å². The van der Waals surface area contributed by atoms with Crippen molar-refractivity contribution in [1.82, 2.24) is 4.90 Å². The van der Waals surface area contributed by atoms with Crippen LogP contribution in [-0.4, -0.2) is 30.4 Å². The summed E-state index contributed by atoms with van der Waals surface area (Å²) in [5.41, 5.74) is 0.655. The molecule has 1 saturated heterocycles. The number of amides is 1. The Bertz CT molecular complexity index is 522. The zero-order valence-corrected chi connectivity index (χ0v) is 12.4. The molecule has 0 bridgehead atoms. The van der Waals surface area contributed by atoms with Gasteiger partial charge in [-0.15, -0.1) is 11.8 Å². The van der Waals surface area contributed by atoms with Crippen molar-refractivity contribution < 1.29 is 9.18 Å². The van der Waals surface area contributed by atoms with Crippen LogP contribution in [0.1, 0.15) is 26.2 Å². The second-order valence-electron chi connectivity index (χ2n) is 5.29. The van der Waals surface area contributed by atoms with Gasteiger partial charge in [-0.05, 0) is 57.1 Å². The van der Waals surface area contributed by atoms with Crippen molar-refractivity contribution in [1.29, 1.82) is 0 Å². The highest BCUT2D eigenvalue weighted by molar-refractivity contribution is 5.92. The van der Waals surface area contributed by atoms with Crippen LogP contribution in [-0.2, 0) is 4.79 Å². The summed E-state index contributed by atoms with van der Waals surface area (Å²) in [5, 5.41) is 2.86. The standard InChI is InChI=1S/C17H21FN2O/c1-2-3-4-11-20-12-9-14(10-13-20)17(21)19-16-7-5-15(18)6-8-16/h5-8,14H,4,9-13H2,1H3,(H,19,21). The van der Waals surface area contributed by atoms with Crippen molar-refractivity contribution in [3.8, 4) is 11.8 Å². The Labute approximate surface area is 125 Å². The molecule has 1 aliphatic heterocycles. The van der Waals surface area contributed by atoms with Crippen molar-refractivity contribution in [2.24, 2.45) is 5.92 Å². The number of anilines is 1. The molecule has 0 atom stereocenters. The van der Waals surface area contributed by atoms with Gasteiger partial charge in [0.2, 0.25) is 5.91 Å². The molecular weight excluding hydrogens is 267 g/mol. The number of likely N-dealkylation sites (tertiary alicyclic amines) is 1. The summed E-state index contributed by atoms with van der Waals surface area (Å²) in [6.07, 6.45) is 2.63. The van der Waals surface area contributed by atoms with Gasteiger partial charge in [0, 0.05) is 24.6 Å². The quantitative estimate of drug-likeness (QED) is 0.864. The first-order valence-electron chi connectivity index (χ1n) is 7.37. The van der Waals surface area contributed by atoms with E-state index in [1.807, 2.05) is 6.92 Å². The van der Waals surface area contributed by atoms with Crippen LogP contribution in [0.25, 0.3) is 0 Å². The number of nitrogens with one attached hydrogen (secondary N) is 1. The van der Waals surface area contributed by atoms with Gasteiger partial charge < -0.3 is 10.2 Å². The van der Waals surface area contributed by atoms with E-state index >= 15 is 0 Å². The van der Waals surface area contributed by atoms with Crippen LogP contribution in [0.2, 0.25) is 0 Å². The highest BCUT2D eigenvalue weighted by Crippen LogP contribution is 2.19. The topological polar surface area (TPSA) is 32.3 Å². The largest absolute Gasteiger partial charge is 0.326 e. The Morgan fingerprint density at radius 3 is 2.62 bits per heavy atom. The van der Waals surface area contributed by atoms with E-state index in [2.05, 4.69) is 22.1 Å². The summed E-state index contributed by atoms with van der Waals surface area (Å²) in [5.74, 6) is 5.75. The predicted molar refractivity (Wildman–Crippen MR) is 82.3 cm³/mol. The fraction of sp³-hybridized carbons (Fsp3) is 0.471. The first kappa shape index (κ1) is 15.5. The molecule has 1 aromatic carbocycles. The minimum atomic E-state index is -0.295. The van der Waals surface area contributed by atoms with Gasteiger partial charge in [0.1, 0.15) is 5.82 Å². The van der Waals surface area contributed by atoms with Crippen LogP contribution in [0.4, 0.5) is 10.1 Å². The van der Waals surface area contributed by atoms with Crippen LogP contribution >= 0.6 is 0 Å². The zero-order chi connectivity index (χ0) is 15.1. The Balaban J connectivity index is 1.77. The number of carbonyl (C=O) groups excluding carboxylic acids is 1. The molecule has 0 aromatic heterocycles. The molecular formula is C17H21FN2O. The number of benzene rings is 1. The third-order valence-corrected chi connectivity index (χ3v) is 3.80. The molecule has 0 saturated carbocycles. The lowest BCUT2D eigenvalue weighted by atomic mass is 9.95. The molecule has 1 aliphatic rings. The Hall–Kier alpha value is -1.86. The highest BCUT2D eigenvalue weighted by Gasteiger charge is 2.24. The number of rotatable bonds is 4. The Morgan fingerprint density at radius 1 is 1.33 bits per heavy atom. The molecule has 4 heteroatoms. The van der Waals surface area contributed by atoms with Crippen molar-refractivity contribution in [2.45, 2.75) is 26.2 Å². The van der Waals surface area contributed by atoms with Gasteiger partial charge in [0.25, 0.3) is 0 Å². The number of nitrogens with zero attached hydrogens (tertiary/aromatic N) is 1. The van der Waals surface area contributed by atoms with Crippen molar-refractivity contribution in [3.63, 3.8) is 0 Å². The van der Waals surface area contributed by atoms with E-state index in [1.165, 1.54) is 12.1 Å². The monoisotopic (exact) mass is 288 g/mol. The van der Waals surface area contributed by atoms with Gasteiger partial charge in [-0.3, -0.25) is 4.79 Å². The lowest BCUT2D eigenvalue weighted by Crippen LogP contribution is -2.38. The summed E-state index contributed by atoms with van der Waals surface area (Å²) >= 11 is 0. The molecule has 2 rings (SSSR count). The van der Waals surface area contributed by atoms with E-state index < -0.39 is 0 Å². The third-order valence-electron chi connectivity index (χ3n) is 3.80. The molecule has 1 aromatic rings. The van der Waals surface area contributed by atoms with Crippen LogP contribution in [0.15, 0.2) is 24.3 Å². The maximum Gasteiger partial charge on any atom is 0.227 e. The van der Waals surface area contributed by atoms with Gasteiger partial charge in [-0.2, -0.15) is 0 Å². The molecule has 0 spiro atoms. The minimum Gasteiger partial charge on any atom is -0.326 e. The van der Waals surface area contributed by atoms with Crippen LogP contribution in [0.5, 0.6) is 0 Å². The average molecular weight is 288 g/mol. The summed E-state index contributed by atoms with van der Waals surface area (Å²) in [7, 11) is 0. The van der Waals surface area contributed by atoms with Crippen LogP contribution in [0.3, 0.4) is 0 Å². The van der Waals surface area contributed by atoms with Gasteiger partial charge in [-0.1, -0.05) is 0 Å². The number of halogens is 1. The van der Waals surface area contributed by atoms with Crippen molar-refractivity contribution in [2.75, 3.05) is 25.0 Å². The Kier molecular flexibility index (Phi) is 5.77. The van der Waals surface area contributed by atoms with E-state index in [4.69, 9.17) is 0 Å². The molecule has 21 heavy (non-hydrogen) atoms. The third kappa shape index (κ3) is 4.87. The second-order valence-corrected chi connectivity index (χ2v) is 5.29. The lowest BCUT2D eigenvalue weighted by molar-refractivity contribution is -0.121. The number of piperidine rings is 1. The summed E-state index contributed by atoms with van der Waals surface area (Å²) in [6, 6.07) is 5.89. The van der Waals surface area contributed by atoms with E-state index in [-0.39, 0.29) is 17.6 Å². The first-order chi connectivity index (χ1) is 10.2. The van der Waals surface area contributed by atoms with E-state index in [0.29, 0.717) is 5.69 Å². The second kappa shape index (κ2) is 7.80. The Morgan fingerprint density at radius 2 is 2.00 bits per heavy atom. The first-order valence-corrected chi connectivity index (χ1v) is 7.37. The summed E-state index contributed by atoms with van der Waals surface area (Å²) in [6.45, 7) is 4.71. The molecule has 1 amide bonds. The molecule has 1 heterocycles. The van der Waals surface area contributed by atoms with E-state index in [9.17, 15) is 9.18 Å². The summed E-state index contributed by atoms with van der Waals surface area (Å²) in [4.78, 5) is 14.5. The maximum atomic E-state index is 12.8. The lowest BCUT2D eigenvalue weighted by Gasteiger charge is -2.30. The molecule has 1 N–H and O–H groups in total. The number of carbonyl (C=O) groups is 1. The van der Waals surface area contributed by atoms with Gasteiger partial charge in [0.15, 0.2) is 0 Å². The highest BCUT2D eigenvalue weighted by atomic mass is 19.1. The summed E-state index contributed by atoms with van der Waals surface area (Å²) < 4.78 is 12.8. The molecule has 1 fully saturated rings. The molecule has 0 unspecified atom stereocenters. The van der Waals surface area contributed by atoms with E-state index in [0.717, 1.165) is 38.9 Å². The average Bonchev–Trinajstić information content (AvgIpc) is 2.50. The van der Waals surface area contributed by atoms with Gasteiger partial charge in [0.05, 0.1) is 0 Å². The molecule has 0 radical (unpaired) electrons. The molecule has 0 aliphatic carbocycles. The number of hydrogen-bond donors (Lipinski definition) is 1. The van der Waals surface area contributed by atoms with Crippen molar-refractivity contribution >= 4 is 11.6 Å². The SMILES string of the molecule is CC#CCCN1CCC(C(=O)Nc2ccc(F)cc2)CC1. The minimum absolute atomic E-state index is 0.0367. The van der Waals surface area contributed by atoms with Gasteiger partial charge >= 0.3 is 0 Å². The fourth-order valence-electron chi connectivity index (χ4n) is 2.54. The van der Waals surface area contributed by atoms with Crippen LogP contribution in [0, 0.1) is 23.6 Å².